The summed E-state index contributed by atoms with van der Waals surface area (Å²) in [5.74, 6) is -0.326. The summed E-state index contributed by atoms with van der Waals surface area (Å²) in [5.41, 5.74) is 5.07. The minimum absolute atomic E-state index is 0.218. The van der Waals surface area contributed by atoms with Gasteiger partial charge in [0.2, 0.25) is 0 Å². The van der Waals surface area contributed by atoms with Crippen LogP contribution in [0.2, 0.25) is 0 Å². The van der Waals surface area contributed by atoms with E-state index in [0.717, 1.165) is 17.4 Å². The maximum atomic E-state index is 13.1. The van der Waals surface area contributed by atoms with Gasteiger partial charge in [-0.3, -0.25) is 4.39 Å². The summed E-state index contributed by atoms with van der Waals surface area (Å²) in [7, 11) is 0. The Morgan fingerprint density at radius 3 is 2.74 bits per heavy atom. The number of hydrogen-bond acceptors (Lipinski definition) is 1. The first-order valence-electron chi connectivity index (χ1n) is 8.46. The zero-order valence-corrected chi connectivity index (χ0v) is 14.4. The number of aldehydes is 1. The lowest BCUT2D eigenvalue weighted by Crippen LogP contribution is -2.18. The fourth-order valence-electron chi connectivity index (χ4n) is 3.51. The third-order valence-electron chi connectivity index (χ3n) is 4.93. The molecule has 0 heterocycles. The Bertz CT molecular complexity index is 610. The molecular weight excluding hydrogens is 287 g/mol. The highest BCUT2D eigenvalue weighted by molar-refractivity contribution is 5.57. The summed E-state index contributed by atoms with van der Waals surface area (Å²) in [6.45, 7) is 6.33. The maximum absolute atomic E-state index is 13.1. The quantitative estimate of drug-likeness (QED) is 0.600. The van der Waals surface area contributed by atoms with Crippen molar-refractivity contribution in [1.82, 2.24) is 0 Å². The molecule has 0 amide bonds. The molecule has 0 aromatic heterocycles. The zero-order valence-electron chi connectivity index (χ0n) is 14.4. The van der Waals surface area contributed by atoms with Gasteiger partial charge in [-0.1, -0.05) is 55.8 Å². The Kier molecular flexibility index (Phi) is 5.92. The summed E-state index contributed by atoms with van der Waals surface area (Å²) in [6.07, 6.45) is 9.02. The van der Waals surface area contributed by atoms with Crippen LogP contribution < -0.4 is 0 Å². The number of benzene rings is 1. The van der Waals surface area contributed by atoms with E-state index in [-0.39, 0.29) is 17.8 Å². The molecule has 1 aromatic carbocycles. The Hall–Kier alpha value is -1.70. The number of alkyl halides is 1. The molecule has 0 bridgehead atoms. The van der Waals surface area contributed by atoms with Crippen molar-refractivity contribution in [3.63, 3.8) is 0 Å². The van der Waals surface area contributed by atoms with Gasteiger partial charge in [-0.05, 0) is 48.3 Å². The topological polar surface area (TPSA) is 17.1 Å². The van der Waals surface area contributed by atoms with Gasteiger partial charge < -0.3 is 4.79 Å². The highest BCUT2D eigenvalue weighted by Gasteiger charge is 2.26. The Balaban J connectivity index is 2.25. The lowest BCUT2D eigenvalue weighted by atomic mass is 9.72. The molecule has 2 rings (SSSR count). The fourth-order valence-corrected chi connectivity index (χ4v) is 3.51. The van der Waals surface area contributed by atoms with Crippen LogP contribution in [0.25, 0.3) is 6.08 Å². The first-order chi connectivity index (χ1) is 11.0. The second kappa shape index (κ2) is 7.72. The van der Waals surface area contributed by atoms with E-state index in [1.807, 2.05) is 24.3 Å². The molecular formula is C21H27FO. The van der Waals surface area contributed by atoms with Crippen molar-refractivity contribution in [3.05, 3.63) is 52.6 Å². The molecule has 1 unspecified atom stereocenters. The number of rotatable bonds is 6. The lowest BCUT2D eigenvalue weighted by molar-refractivity contribution is -0.108. The third kappa shape index (κ3) is 4.40. The van der Waals surface area contributed by atoms with Gasteiger partial charge in [-0.15, -0.1) is 0 Å². The SMILES string of the molecule is CC1=C(/C=C/c2cccc(C(CF)CC=O)c2)C(C)(C)CCC1. The molecule has 2 heteroatoms. The Morgan fingerprint density at radius 1 is 1.30 bits per heavy atom. The van der Waals surface area contributed by atoms with E-state index in [1.54, 1.807) is 0 Å². The Morgan fingerprint density at radius 2 is 2.09 bits per heavy atom. The average molecular weight is 314 g/mol. The molecule has 0 N–H and O–H groups in total. The van der Waals surface area contributed by atoms with Crippen LogP contribution in [0, 0.1) is 5.41 Å². The number of halogens is 1. The highest BCUT2D eigenvalue weighted by atomic mass is 19.1. The van der Waals surface area contributed by atoms with E-state index in [0.29, 0.717) is 0 Å². The highest BCUT2D eigenvalue weighted by Crippen LogP contribution is 2.41. The van der Waals surface area contributed by atoms with Gasteiger partial charge in [0.25, 0.3) is 0 Å². The number of carbonyl (C=O) groups excluding carboxylic acids is 1. The van der Waals surface area contributed by atoms with Crippen molar-refractivity contribution in [2.75, 3.05) is 6.67 Å². The minimum Gasteiger partial charge on any atom is -0.303 e. The molecule has 124 valence electrons. The molecule has 0 aliphatic heterocycles. The first kappa shape index (κ1) is 17.7. The van der Waals surface area contributed by atoms with Gasteiger partial charge in [-0.2, -0.15) is 0 Å². The summed E-state index contributed by atoms with van der Waals surface area (Å²) >= 11 is 0. The Labute approximate surface area is 139 Å². The summed E-state index contributed by atoms with van der Waals surface area (Å²) in [5, 5.41) is 0. The predicted molar refractivity (Wildman–Crippen MR) is 95.2 cm³/mol. The minimum atomic E-state index is -0.497. The summed E-state index contributed by atoms with van der Waals surface area (Å²) in [4.78, 5) is 10.7. The second-order valence-corrected chi connectivity index (χ2v) is 7.19. The van der Waals surface area contributed by atoms with Crippen LogP contribution in [0.3, 0.4) is 0 Å². The van der Waals surface area contributed by atoms with Gasteiger partial charge in [-0.25, -0.2) is 0 Å². The molecule has 1 aliphatic rings. The lowest BCUT2D eigenvalue weighted by Gasteiger charge is -2.32. The van der Waals surface area contributed by atoms with Gasteiger partial charge in [0, 0.05) is 12.3 Å². The van der Waals surface area contributed by atoms with Crippen molar-refractivity contribution < 1.29 is 9.18 Å². The monoisotopic (exact) mass is 314 g/mol. The van der Waals surface area contributed by atoms with E-state index in [4.69, 9.17) is 0 Å². The van der Waals surface area contributed by atoms with Crippen LogP contribution in [0.15, 0.2) is 41.5 Å². The van der Waals surface area contributed by atoms with Crippen molar-refractivity contribution in [1.29, 1.82) is 0 Å². The second-order valence-electron chi connectivity index (χ2n) is 7.19. The zero-order chi connectivity index (χ0) is 16.9. The van der Waals surface area contributed by atoms with Crippen LogP contribution in [0.4, 0.5) is 4.39 Å². The van der Waals surface area contributed by atoms with Crippen LogP contribution in [-0.4, -0.2) is 13.0 Å². The maximum Gasteiger partial charge on any atom is 0.120 e. The van der Waals surface area contributed by atoms with E-state index in [2.05, 4.69) is 32.9 Å². The van der Waals surface area contributed by atoms with Gasteiger partial charge in [0.15, 0.2) is 0 Å². The molecule has 1 aromatic rings. The van der Waals surface area contributed by atoms with Crippen molar-refractivity contribution in [2.45, 2.75) is 52.4 Å². The van der Waals surface area contributed by atoms with Crippen LogP contribution in [0.5, 0.6) is 0 Å². The summed E-state index contributed by atoms with van der Waals surface area (Å²) < 4.78 is 13.1. The van der Waals surface area contributed by atoms with Crippen molar-refractivity contribution >= 4 is 12.4 Å². The largest absolute Gasteiger partial charge is 0.303 e. The van der Waals surface area contributed by atoms with E-state index >= 15 is 0 Å². The van der Waals surface area contributed by atoms with Crippen LogP contribution in [0.1, 0.15) is 63.5 Å². The number of carbonyl (C=O) groups is 1. The molecule has 23 heavy (non-hydrogen) atoms. The van der Waals surface area contributed by atoms with Gasteiger partial charge in [0.05, 0.1) is 6.67 Å². The molecule has 0 saturated heterocycles. The predicted octanol–water partition coefficient (Wildman–Crippen LogP) is 5.87. The fraction of sp³-hybridized carbons (Fsp3) is 0.476. The molecule has 1 atom stereocenters. The normalized spacial score (nSPS) is 19.1. The first-order valence-corrected chi connectivity index (χ1v) is 8.46. The number of allylic oxidation sites excluding steroid dienone is 3. The molecule has 0 saturated carbocycles. The van der Waals surface area contributed by atoms with Crippen LogP contribution >= 0.6 is 0 Å². The molecule has 1 nitrogen and oxygen atoms in total. The molecule has 1 aliphatic carbocycles. The van der Waals surface area contributed by atoms with E-state index < -0.39 is 6.67 Å². The van der Waals surface area contributed by atoms with Gasteiger partial charge in [0.1, 0.15) is 6.29 Å². The molecule has 0 radical (unpaired) electrons. The average Bonchev–Trinajstić information content (AvgIpc) is 2.52. The van der Waals surface area contributed by atoms with Crippen molar-refractivity contribution in [2.24, 2.45) is 5.41 Å². The van der Waals surface area contributed by atoms with Crippen molar-refractivity contribution in [3.8, 4) is 0 Å². The summed E-state index contributed by atoms with van der Waals surface area (Å²) in [6, 6.07) is 7.87. The van der Waals surface area contributed by atoms with Crippen LogP contribution in [-0.2, 0) is 4.79 Å². The molecule has 0 spiro atoms. The standard InChI is InChI=1S/C21H27FO/c1-16-6-5-12-21(2,3)20(16)10-9-17-7-4-8-18(14-17)19(15-22)11-13-23/h4,7-10,13-14,19H,5-6,11-12,15H2,1-3H3/b10-9+. The number of hydrogen-bond donors (Lipinski definition) is 0. The third-order valence-corrected chi connectivity index (χ3v) is 4.93. The molecule has 0 fully saturated rings. The smallest absolute Gasteiger partial charge is 0.120 e. The van der Waals surface area contributed by atoms with E-state index in [9.17, 15) is 9.18 Å². The van der Waals surface area contributed by atoms with Gasteiger partial charge >= 0.3 is 0 Å². The van der Waals surface area contributed by atoms with E-state index in [1.165, 1.54) is 30.4 Å².